The van der Waals surface area contributed by atoms with Crippen molar-refractivity contribution in [3.05, 3.63) is 0 Å². The lowest BCUT2D eigenvalue weighted by molar-refractivity contribution is 0.0973. The van der Waals surface area contributed by atoms with E-state index in [4.69, 9.17) is 5.73 Å². The first-order valence-electron chi connectivity index (χ1n) is 4.62. The number of fused-ring (bicyclic) bond motifs is 1. The van der Waals surface area contributed by atoms with Crippen LogP contribution in [0.25, 0.3) is 0 Å². The summed E-state index contributed by atoms with van der Waals surface area (Å²) in [5, 5.41) is 0. The first-order chi connectivity index (χ1) is 4.92. The molecule has 2 rings (SSSR count). The van der Waals surface area contributed by atoms with Crippen LogP contribution in [0.1, 0.15) is 32.1 Å². The van der Waals surface area contributed by atoms with Crippen LogP contribution in [0.5, 0.6) is 0 Å². The molecule has 0 aliphatic heterocycles. The lowest BCUT2D eigenvalue weighted by Crippen LogP contribution is -2.33. The maximum Gasteiger partial charge on any atom is -0.00745 e. The Bertz CT molecular complexity index is 122. The van der Waals surface area contributed by atoms with Crippen molar-refractivity contribution in [2.45, 2.75) is 32.1 Å². The highest BCUT2D eigenvalue weighted by Crippen LogP contribution is 2.52. The first kappa shape index (κ1) is 6.66. The monoisotopic (exact) mass is 139 g/mol. The smallest absolute Gasteiger partial charge is 0.00745 e. The maximum atomic E-state index is 5.52. The van der Waals surface area contributed by atoms with Gasteiger partial charge in [-0.1, -0.05) is 12.8 Å². The molecule has 3 atom stereocenters. The Hall–Kier alpha value is -0.0400. The predicted octanol–water partition coefficient (Wildman–Crippen LogP) is 1.77. The molecule has 0 bridgehead atoms. The molecule has 2 N–H and O–H groups in total. The van der Waals surface area contributed by atoms with Crippen LogP contribution in [0.3, 0.4) is 0 Å². The summed E-state index contributed by atoms with van der Waals surface area (Å²) < 4.78 is 0. The second kappa shape index (κ2) is 2.54. The van der Waals surface area contributed by atoms with Crippen molar-refractivity contribution >= 4 is 0 Å². The van der Waals surface area contributed by atoms with E-state index in [9.17, 15) is 0 Å². The SMILES string of the molecule is NCCC1CC2CCCC12. The highest BCUT2D eigenvalue weighted by molar-refractivity contribution is 4.93. The molecule has 2 aliphatic carbocycles. The van der Waals surface area contributed by atoms with E-state index >= 15 is 0 Å². The van der Waals surface area contributed by atoms with Crippen LogP contribution in [0.15, 0.2) is 0 Å². The van der Waals surface area contributed by atoms with E-state index in [1.54, 1.807) is 0 Å². The molecule has 2 aliphatic rings. The molecule has 0 radical (unpaired) electrons. The van der Waals surface area contributed by atoms with E-state index < -0.39 is 0 Å². The Balaban J connectivity index is 1.83. The molecule has 0 aromatic heterocycles. The molecule has 10 heavy (non-hydrogen) atoms. The fourth-order valence-corrected chi connectivity index (χ4v) is 2.89. The van der Waals surface area contributed by atoms with Crippen LogP contribution in [0.2, 0.25) is 0 Å². The van der Waals surface area contributed by atoms with Crippen molar-refractivity contribution < 1.29 is 0 Å². The van der Waals surface area contributed by atoms with E-state index in [1.807, 2.05) is 0 Å². The summed E-state index contributed by atoms with van der Waals surface area (Å²) in [6.45, 7) is 0.911. The Morgan fingerprint density at radius 3 is 2.90 bits per heavy atom. The van der Waals surface area contributed by atoms with Gasteiger partial charge in [0, 0.05) is 0 Å². The van der Waals surface area contributed by atoms with Gasteiger partial charge in [0.2, 0.25) is 0 Å². The second-order valence-corrected chi connectivity index (χ2v) is 3.93. The van der Waals surface area contributed by atoms with E-state index in [2.05, 4.69) is 0 Å². The van der Waals surface area contributed by atoms with Gasteiger partial charge in [0.1, 0.15) is 0 Å². The lowest BCUT2D eigenvalue weighted by atomic mass is 9.65. The van der Waals surface area contributed by atoms with Crippen LogP contribution in [0.4, 0.5) is 0 Å². The average molecular weight is 139 g/mol. The van der Waals surface area contributed by atoms with Crippen LogP contribution in [0, 0.1) is 17.8 Å². The highest BCUT2D eigenvalue weighted by Gasteiger charge is 2.42. The zero-order chi connectivity index (χ0) is 6.97. The van der Waals surface area contributed by atoms with Gasteiger partial charge in [-0.3, -0.25) is 0 Å². The molecular weight excluding hydrogens is 122 g/mol. The number of hydrogen-bond acceptors (Lipinski definition) is 1. The van der Waals surface area contributed by atoms with Gasteiger partial charge >= 0.3 is 0 Å². The average Bonchev–Trinajstić information content (AvgIpc) is 2.26. The summed E-state index contributed by atoms with van der Waals surface area (Å²) in [5.41, 5.74) is 5.52. The van der Waals surface area contributed by atoms with Crippen molar-refractivity contribution in [2.75, 3.05) is 6.54 Å². The maximum absolute atomic E-state index is 5.52. The van der Waals surface area contributed by atoms with Crippen molar-refractivity contribution in [3.63, 3.8) is 0 Å². The largest absolute Gasteiger partial charge is 0.330 e. The van der Waals surface area contributed by atoms with E-state index in [1.165, 1.54) is 32.1 Å². The quantitative estimate of drug-likeness (QED) is 0.620. The molecule has 1 nitrogen and oxygen atoms in total. The number of hydrogen-bond donors (Lipinski definition) is 1. The fraction of sp³-hybridized carbons (Fsp3) is 1.00. The van der Waals surface area contributed by atoms with E-state index in [0.29, 0.717) is 0 Å². The minimum Gasteiger partial charge on any atom is -0.330 e. The Morgan fingerprint density at radius 1 is 1.30 bits per heavy atom. The molecule has 2 fully saturated rings. The zero-order valence-electron chi connectivity index (χ0n) is 6.55. The van der Waals surface area contributed by atoms with E-state index in [0.717, 1.165) is 24.3 Å². The van der Waals surface area contributed by atoms with Crippen LogP contribution >= 0.6 is 0 Å². The predicted molar refractivity (Wildman–Crippen MR) is 42.6 cm³/mol. The van der Waals surface area contributed by atoms with Gasteiger partial charge in [-0.15, -0.1) is 0 Å². The molecule has 0 aromatic rings. The Morgan fingerprint density at radius 2 is 2.20 bits per heavy atom. The van der Waals surface area contributed by atoms with Crippen molar-refractivity contribution in [1.29, 1.82) is 0 Å². The molecule has 1 heteroatoms. The van der Waals surface area contributed by atoms with Gasteiger partial charge < -0.3 is 5.73 Å². The second-order valence-electron chi connectivity index (χ2n) is 3.93. The third kappa shape index (κ3) is 0.878. The van der Waals surface area contributed by atoms with Gasteiger partial charge in [0.05, 0.1) is 0 Å². The third-order valence-electron chi connectivity index (χ3n) is 3.47. The van der Waals surface area contributed by atoms with Crippen molar-refractivity contribution in [1.82, 2.24) is 0 Å². The fourth-order valence-electron chi connectivity index (χ4n) is 2.89. The molecule has 58 valence electrons. The summed E-state index contributed by atoms with van der Waals surface area (Å²) in [6, 6.07) is 0. The zero-order valence-corrected chi connectivity index (χ0v) is 6.55. The molecule has 0 aromatic carbocycles. The third-order valence-corrected chi connectivity index (χ3v) is 3.47. The van der Waals surface area contributed by atoms with Gasteiger partial charge in [0.15, 0.2) is 0 Å². The Kier molecular flexibility index (Phi) is 1.69. The summed E-state index contributed by atoms with van der Waals surface area (Å²) >= 11 is 0. The van der Waals surface area contributed by atoms with Gasteiger partial charge in [-0.25, -0.2) is 0 Å². The molecule has 0 saturated heterocycles. The van der Waals surface area contributed by atoms with Crippen molar-refractivity contribution in [2.24, 2.45) is 23.5 Å². The summed E-state index contributed by atoms with van der Waals surface area (Å²) in [6.07, 6.45) is 7.32. The topological polar surface area (TPSA) is 26.0 Å². The molecule has 2 saturated carbocycles. The van der Waals surface area contributed by atoms with Gasteiger partial charge in [-0.2, -0.15) is 0 Å². The Labute approximate surface area is 63.0 Å². The van der Waals surface area contributed by atoms with Crippen LogP contribution in [-0.2, 0) is 0 Å². The standard InChI is InChI=1S/C9H17N/c10-5-4-8-6-7-2-1-3-9(7)8/h7-9H,1-6,10H2. The van der Waals surface area contributed by atoms with Crippen LogP contribution < -0.4 is 5.73 Å². The van der Waals surface area contributed by atoms with Crippen molar-refractivity contribution in [3.8, 4) is 0 Å². The summed E-state index contributed by atoms with van der Waals surface area (Å²) in [7, 11) is 0. The molecular formula is C9H17N. The van der Waals surface area contributed by atoms with E-state index in [-0.39, 0.29) is 0 Å². The molecule has 0 amide bonds. The van der Waals surface area contributed by atoms with Crippen LogP contribution in [-0.4, -0.2) is 6.54 Å². The summed E-state index contributed by atoms with van der Waals surface area (Å²) in [5.74, 6) is 3.25. The van der Waals surface area contributed by atoms with Gasteiger partial charge in [0.25, 0.3) is 0 Å². The normalized spacial score (nSPS) is 44.7. The minimum absolute atomic E-state index is 0.911. The lowest BCUT2D eigenvalue weighted by Gasteiger charge is -2.40. The van der Waals surface area contributed by atoms with Gasteiger partial charge in [-0.05, 0) is 43.6 Å². The summed E-state index contributed by atoms with van der Waals surface area (Å²) in [4.78, 5) is 0. The number of nitrogens with two attached hydrogens (primary N) is 1. The molecule has 3 unspecified atom stereocenters. The first-order valence-corrected chi connectivity index (χ1v) is 4.62. The number of rotatable bonds is 2. The highest BCUT2D eigenvalue weighted by atomic mass is 14.6. The minimum atomic E-state index is 0.911. The molecule has 0 spiro atoms. The molecule has 0 heterocycles.